The van der Waals surface area contributed by atoms with Crippen molar-refractivity contribution in [2.45, 2.75) is 44.7 Å². The van der Waals surface area contributed by atoms with Crippen molar-refractivity contribution >= 4 is 5.91 Å². The van der Waals surface area contributed by atoms with E-state index in [-0.39, 0.29) is 5.91 Å². The fraction of sp³-hybridized carbons (Fsp3) is 0.667. The van der Waals surface area contributed by atoms with Gasteiger partial charge in [0.15, 0.2) is 0 Å². The molecule has 0 bridgehead atoms. The van der Waals surface area contributed by atoms with Crippen molar-refractivity contribution in [3.05, 3.63) is 23.7 Å². The highest BCUT2D eigenvalue weighted by Crippen LogP contribution is 2.47. The van der Waals surface area contributed by atoms with Crippen LogP contribution in [0, 0.1) is 5.92 Å². The van der Waals surface area contributed by atoms with Crippen LogP contribution in [0.15, 0.2) is 16.5 Å². The quantitative estimate of drug-likeness (QED) is 0.854. The topological polar surface area (TPSA) is 45.5 Å². The van der Waals surface area contributed by atoms with Crippen molar-refractivity contribution in [1.29, 1.82) is 0 Å². The molecule has 0 saturated heterocycles. The highest BCUT2D eigenvalue weighted by atomic mass is 16.3. The normalized spacial score (nSPS) is 25.4. The first-order valence-electron chi connectivity index (χ1n) is 7.21. The number of nitrogens with one attached hydrogen (secondary N) is 1. The third-order valence-electron chi connectivity index (χ3n) is 4.12. The van der Waals surface area contributed by atoms with Gasteiger partial charge in [-0.2, -0.15) is 0 Å². The Kier molecular flexibility index (Phi) is 3.35. The predicted molar refractivity (Wildman–Crippen MR) is 72.7 cm³/mol. The number of carbonyl (C=O) groups excluding carboxylic acids is 1. The van der Waals surface area contributed by atoms with Gasteiger partial charge < -0.3 is 14.6 Å². The van der Waals surface area contributed by atoms with E-state index in [1.165, 1.54) is 6.42 Å². The summed E-state index contributed by atoms with van der Waals surface area (Å²) in [5.74, 6) is 3.55. The number of hydrogen-bond donors (Lipinski definition) is 1. The molecule has 2 aliphatic carbocycles. The number of carbonyl (C=O) groups is 1. The van der Waals surface area contributed by atoms with Gasteiger partial charge in [0, 0.05) is 12.0 Å². The first-order valence-corrected chi connectivity index (χ1v) is 7.21. The lowest BCUT2D eigenvalue weighted by Gasteiger charge is -2.21. The molecule has 2 saturated carbocycles. The molecule has 0 spiro atoms. The van der Waals surface area contributed by atoms with Crippen LogP contribution in [0.25, 0.3) is 0 Å². The molecule has 104 valence electrons. The molecule has 3 rings (SSSR count). The van der Waals surface area contributed by atoms with Gasteiger partial charge in [-0.3, -0.25) is 4.79 Å². The summed E-state index contributed by atoms with van der Waals surface area (Å²) in [6, 6.07) is 4.54. The van der Waals surface area contributed by atoms with Crippen molar-refractivity contribution in [1.82, 2.24) is 10.2 Å². The van der Waals surface area contributed by atoms with Crippen LogP contribution in [0.3, 0.4) is 0 Å². The van der Waals surface area contributed by atoms with E-state index in [0.29, 0.717) is 25.0 Å². The summed E-state index contributed by atoms with van der Waals surface area (Å²) in [5.41, 5.74) is 0. The molecule has 4 heteroatoms. The van der Waals surface area contributed by atoms with Gasteiger partial charge in [-0.1, -0.05) is 6.92 Å². The lowest BCUT2D eigenvalue weighted by Crippen LogP contribution is -2.38. The van der Waals surface area contributed by atoms with E-state index in [9.17, 15) is 4.79 Å². The zero-order valence-corrected chi connectivity index (χ0v) is 11.7. The summed E-state index contributed by atoms with van der Waals surface area (Å²) < 4.78 is 5.90. The molecular weight excluding hydrogens is 240 g/mol. The van der Waals surface area contributed by atoms with E-state index in [0.717, 1.165) is 30.3 Å². The van der Waals surface area contributed by atoms with Crippen molar-refractivity contribution < 1.29 is 9.21 Å². The van der Waals surface area contributed by atoms with Gasteiger partial charge >= 0.3 is 0 Å². The minimum absolute atomic E-state index is 0.169. The molecule has 0 aromatic carbocycles. The Bertz CT molecular complexity index is 464. The Hall–Kier alpha value is -1.29. The Balaban J connectivity index is 1.64. The van der Waals surface area contributed by atoms with E-state index in [4.69, 9.17) is 4.42 Å². The number of nitrogens with zero attached hydrogens (tertiary/aromatic N) is 1. The molecule has 2 unspecified atom stereocenters. The molecule has 2 fully saturated rings. The molecule has 1 aromatic rings. The highest BCUT2D eigenvalue weighted by Gasteiger charge is 2.37. The summed E-state index contributed by atoms with van der Waals surface area (Å²) >= 11 is 0. The van der Waals surface area contributed by atoms with Gasteiger partial charge in [0.25, 0.3) is 0 Å². The average molecular weight is 262 g/mol. The van der Waals surface area contributed by atoms with Crippen molar-refractivity contribution in [2.24, 2.45) is 5.92 Å². The molecule has 0 aliphatic heterocycles. The average Bonchev–Trinajstić information content (AvgIpc) is 3.29. The third-order valence-corrected chi connectivity index (χ3v) is 4.12. The Labute approximate surface area is 114 Å². The third kappa shape index (κ3) is 2.84. The van der Waals surface area contributed by atoms with Gasteiger partial charge in [-0.25, -0.2) is 0 Å². The van der Waals surface area contributed by atoms with Crippen LogP contribution in [0.1, 0.15) is 43.6 Å². The van der Waals surface area contributed by atoms with E-state index >= 15 is 0 Å². The molecule has 2 aliphatic rings. The molecule has 4 nitrogen and oxygen atoms in total. The second-order valence-corrected chi connectivity index (χ2v) is 5.91. The minimum Gasteiger partial charge on any atom is -0.464 e. The fourth-order valence-corrected chi connectivity index (χ4v) is 2.63. The van der Waals surface area contributed by atoms with Gasteiger partial charge in [-0.05, 0) is 44.4 Å². The summed E-state index contributed by atoms with van der Waals surface area (Å²) in [4.78, 5) is 14.0. The van der Waals surface area contributed by atoms with Crippen LogP contribution in [0.2, 0.25) is 0 Å². The maximum Gasteiger partial charge on any atom is 0.237 e. The lowest BCUT2D eigenvalue weighted by atomic mass is 10.3. The second-order valence-electron chi connectivity index (χ2n) is 5.91. The summed E-state index contributed by atoms with van der Waals surface area (Å²) in [5, 5.41) is 2.93. The van der Waals surface area contributed by atoms with Crippen LogP contribution in [-0.4, -0.2) is 30.4 Å². The fourth-order valence-electron chi connectivity index (χ4n) is 2.63. The van der Waals surface area contributed by atoms with Crippen LogP contribution in [0.4, 0.5) is 0 Å². The summed E-state index contributed by atoms with van der Waals surface area (Å²) in [6.45, 7) is 3.27. The van der Waals surface area contributed by atoms with E-state index < -0.39 is 0 Å². The number of amides is 1. The van der Waals surface area contributed by atoms with Gasteiger partial charge in [0.05, 0.1) is 13.1 Å². The number of rotatable bonds is 6. The lowest BCUT2D eigenvalue weighted by molar-refractivity contribution is -0.131. The molecule has 19 heavy (non-hydrogen) atoms. The number of hydrogen-bond acceptors (Lipinski definition) is 3. The van der Waals surface area contributed by atoms with Gasteiger partial charge in [0.2, 0.25) is 5.91 Å². The highest BCUT2D eigenvalue weighted by molar-refractivity contribution is 5.78. The second kappa shape index (κ2) is 5.00. The number of likely N-dealkylation sites (N-methyl/N-ethyl adjacent to an activating group) is 1. The van der Waals surface area contributed by atoms with Crippen LogP contribution < -0.4 is 5.32 Å². The van der Waals surface area contributed by atoms with Gasteiger partial charge in [0.1, 0.15) is 11.5 Å². The molecule has 1 N–H and O–H groups in total. The van der Waals surface area contributed by atoms with Crippen LogP contribution in [0.5, 0.6) is 0 Å². The SMILES string of the molecule is CNCC(=O)N(Cc1ccc(C2CC2C)o1)C1CC1. The first kappa shape index (κ1) is 12.7. The smallest absolute Gasteiger partial charge is 0.237 e. The zero-order valence-electron chi connectivity index (χ0n) is 11.7. The molecule has 1 amide bonds. The van der Waals surface area contributed by atoms with Crippen molar-refractivity contribution in [2.75, 3.05) is 13.6 Å². The number of furan rings is 1. The maximum absolute atomic E-state index is 12.1. The van der Waals surface area contributed by atoms with Crippen LogP contribution in [-0.2, 0) is 11.3 Å². The first-order chi connectivity index (χ1) is 9.19. The largest absolute Gasteiger partial charge is 0.464 e. The zero-order chi connectivity index (χ0) is 13.4. The summed E-state index contributed by atoms with van der Waals surface area (Å²) in [6.07, 6.45) is 3.49. The van der Waals surface area contributed by atoms with Crippen LogP contribution >= 0.6 is 0 Å². The molecule has 0 radical (unpaired) electrons. The van der Waals surface area contributed by atoms with Crippen molar-refractivity contribution in [3.63, 3.8) is 0 Å². The van der Waals surface area contributed by atoms with E-state index in [1.54, 1.807) is 0 Å². The monoisotopic (exact) mass is 262 g/mol. The molecule has 2 atom stereocenters. The standard InChI is InChI=1S/C15H22N2O2/c1-10-7-13(10)14-6-5-12(19-14)9-17(11-3-4-11)15(18)8-16-2/h5-6,10-11,13,16H,3-4,7-9H2,1-2H3. The maximum atomic E-state index is 12.1. The van der Waals surface area contributed by atoms with Crippen molar-refractivity contribution in [3.8, 4) is 0 Å². The minimum atomic E-state index is 0.169. The predicted octanol–water partition coefficient (Wildman–Crippen LogP) is 2.11. The molecule has 1 aromatic heterocycles. The molecular formula is C15H22N2O2. The van der Waals surface area contributed by atoms with E-state index in [1.807, 2.05) is 18.0 Å². The Morgan fingerprint density at radius 1 is 1.47 bits per heavy atom. The molecule has 1 heterocycles. The summed E-state index contributed by atoms with van der Waals surface area (Å²) in [7, 11) is 1.81. The van der Waals surface area contributed by atoms with Gasteiger partial charge in [-0.15, -0.1) is 0 Å². The van der Waals surface area contributed by atoms with E-state index in [2.05, 4.69) is 18.3 Å². The Morgan fingerprint density at radius 2 is 2.21 bits per heavy atom. The Morgan fingerprint density at radius 3 is 2.79 bits per heavy atom.